The maximum Gasteiger partial charge on any atom is 0.114 e. The van der Waals surface area contributed by atoms with E-state index in [-0.39, 0.29) is 0 Å². The summed E-state index contributed by atoms with van der Waals surface area (Å²) in [4.78, 5) is 0. The van der Waals surface area contributed by atoms with Crippen LogP contribution in [0.3, 0.4) is 0 Å². The maximum absolute atomic E-state index is 2.55. The van der Waals surface area contributed by atoms with Crippen LogP contribution in [0.25, 0.3) is 0 Å². The molecule has 0 fully saturated rings. The molecule has 0 spiro atoms. The van der Waals surface area contributed by atoms with Gasteiger partial charge in [-0.25, -0.2) is 0 Å². The van der Waals surface area contributed by atoms with E-state index in [0.29, 0.717) is 0 Å². The molecule has 0 aliphatic heterocycles. The molecule has 0 saturated heterocycles. The van der Waals surface area contributed by atoms with Crippen molar-refractivity contribution < 1.29 is 0 Å². The molecule has 0 radical (unpaired) electrons. The van der Waals surface area contributed by atoms with Crippen molar-refractivity contribution in [2.75, 3.05) is 0 Å². The summed E-state index contributed by atoms with van der Waals surface area (Å²) in [6.45, 7) is 9.31. The summed E-state index contributed by atoms with van der Waals surface area (Å²) in [5.74, 6) is 0. The molecule has 1 aliphatic carbocycles. The number of aryl methyl sites for hydroxylation is 2. The normalized spacial score (nSPS) is 17.4. The highest BCUT2D eigenvalue weighted by Crippen LogP contribution is 2.27. The highest BCUT2D eigenvalue weighted by atomic mass is 28.3. The molecule has 0 N–H and O–H groups in total. The lowest BCUT2D eigenvalue weighted by Gasteiger charge is -2.30. The molecule has 1 atom stereocenters. The van der Waals surface area contributed by atoms with Gasteiger partial charge in [0.25, 0.3) is 0 Å². The topological polar surface area (TPSA) is 0 Å². The van der Waals surface area contributed by atoms with E-state index in [0.717, 1.165) is 6.42 Å². The number of hydrogen-bond donors (Lipinski definition) is 0. The average Bonchev–Trinajstić information content (AvgIpc) is 2.89. The lowest BCUT2D eigenvalue weighted by Crippen LogP contribution is -2.46. The highest BCUT2D eigenvalue weighted by molar-refractivity contribution is 6.97. The number of unbranched alkanes of at least 4 members (excludes halogenated alkanes) is 1. The summed E-state index contributed by atoms with van der Waals surface area (Å²) in [6.07, 6.45) is 10.9. The summed E-state index contributed by atoms with van der Waals surface area (Å²) in [6, 6.07) is 8.53. The van der Waals surface area contributed by atoms with E-state index in [1.165, 1.54) is 30.0 Å². The van der Waals surface area contributed by atoms with Crippen LogP contribution < -0.4 is 5.19 Å². The van der Waals surface area contributed by atoms with Crippen LogP contribution in [0.4, 0.5) is 0 Å². The van der Waals surface area contributed by atoms with Gasteiger partial charge in [0.15, 0.2) is 0 Å². The Morgan fingerprint density at radius 3 is 2.32 bits per heavy atom. The van der Waals surface area contributed by atoms with Gasteiger partial charge >= 0.3 is 0 Å². The Labute approximate surface area is 119 Å². The van der Waals surface area contributed by atoms with Crippen LogP contribution in [0.1, 0.15) is 37.3 Å². The fourth-order valence-corrected chi connectivity index (χ4v) is 7.26. The molecule has 1 aromatic rings. The van der Waals surface area contributed by atoms with E-state index < -0.39 is 8.07 Å². The standard InChI is InChI=1S/C18H26Si/c1-5-6-11-19(4,17-9-7-8-10-17)18-13-15(2)12-16(3)14-18/h7,9-10,12-14H,5-6,8,11H2,1-4H3. The molecule has 0 heterocycles. The van der Waals surface area contributed by atoms with Crippen molar-refractivity contribution in [1.29, 1.82) is 0 Å². The molecule has 19 heavy (non-hydrogen) atoms. The van der Waals surface area contributed by atoms with Gasteiger partial charge in [0.05, 0.1) is 0 Å². The first-order valence-corrected chi connectivity index (χ1v) is 10.2. The van der Waals surface area contributed by atoms with E-state index >= 15 is 0 Å². The van der Waals surface area contributed by atoms with Gasteiger partial charge in [-0.15, -0.1) is 0 Å². The summed E-state index contributed by atoms with van der Waals surface area (Å²) in [5.41, 5.74) is 2.82. The van der Waals surface area contributed by atoms with Crippen molar-refractivity contribution in [3.05, 3.63) is 52.8 Å². The minimum absolute atomic E-state index is 1.13. The first kappa shape index (κ1) is 14.3. The predicted octanol–water partition coefficient (Wildman–Crippen LogP) is 4.81. The lowest BCUT2D eigenvalue weighted by molar-refractivity contribution is 0.871. The fraction of sp³-hybridized carbons (Fsp3) is 0.444. The van der Waals surface area contributed by atoms with Gasteiger partial charge in [0.2, 0.25) is 0 Å². The van der Waals surface area contributed by atoms with Gasteiger partial charge in [-0.2, -0.15) is 0 Å². The van der Waals surface area contributed by atoms with Crippen LogP contribution in [-0.4, -0.2) is 8.07 Å². The van der Waals surface area contributed by atoms with Crippen molar-refractivity contribution in [2.24, 2.45) is 0 Å². The Hall–Kier alpha value is -1.08. The van der Waals surface area contributed by atoms with Crippen LogP contribution >= 0.6 is 0 Å². The predicted molar refractivity (Wildman–Crippen MR) is 88.7 cm³/mol. The maximum atomic E-state index is 2.55. The molecular formula is C18H26Si. The van der Waals surface area contributed by atoms with Gasteiger partial charge in [-0.1, -0.05) is 84.2 Å². The Morgan fingerprint density at radius 2 is 1.79 bits per heavy atom. The van der Waals surface area contributed by atoms with E-state index in [9.17, 15) is 0 Å². The molecule has 1 heteroatoms. The van der Waals surface area contributed by atoms with Crippen molar-refractivity contribution in [3.63, 3.8) is 0 Å². The minimum atomic E-state index is -1.50. The first-order chi connectivity index (χ1) is 9.06. The monoisotopic (exact) mass is 270 g/mol. The van der Waals surface area contributed by atoms with Gasteiger partial charge in [-0.3, -0.25) is 0 Å². The number of benzene rings is 1. The Kier molecular flexibility index (Phi) is 4.46. The number of hydrogen-bond acceptors (Lipinski definition) is 0. The van der Waals surface area contributed by atoms with Crippen LogP contribution in [0.15, 0.2) is 41.6 Å². The van der Waals surface area contributed by atoms with Gasteiger partial charge in [0.1, 0.15) is 8.07 Å². The molecule has 1 aromatic carbocycles. The number of rotatable bonds is 5. The third-order valence-electron chi connectivity index (χ3n) is 4.30. The molecule has 0 amide bonds. The molecular weight excluding hydrogens is 244 g/mol. The largest absolute Gasteiger partial charge is 0.114 e. The Bertz CT molecular complexity index is 490. The van der Waals surface area contributed by atoms with E-state index in [1.807, 2.05) is 0 Å². The lowest BCUT2D eigenvalue weighted by atomic mass is 10.2. The summed E-state index contributed by atoms with van der Waals surface area (Å²) in [7, 11) is -1.50. The van der Waals surface area contributed by atoms with Crippen LogP contribution in [0.2, 0.25) is 12.6 Å². The van der Waals surface area contributed by atoms with Crippen molar-refractivity contribution in [1.82, 2.24) is 0 Å². The molecule has 0 bridgehead atoms. The molecule has 2 rings (SSSR count). The van der Waals surface area contributed by atoms with Crippen LogP contribution in [-0.2, 0) is 0 Å². The summed E-state index contributed by atoms with van der Waals surface area (Å²) >= 11 is 0. The van der Waals surface area contributed by atoms with Gasteiger partial charge < -0.3 is 0 Å². The average molecular weight is 270 g/mol. The van der Waals surface area contributed by atoms with Crippen LogP contribution in [0.5, 0.6) is 0 Å². The molecule has 0 saturated carbocycles. The Balaban J connectivity index is 2.44. The van der Waals surface area contributed by atoms with Gasteiger partial charge in [-0.05, 0) is 26.3 Å². The fourth-order valence-electron chi connectivity index (χ4n) is 3.15. The molecule has 102 valence electrons. The van der Waals surface area contributed by atoms with Crippen molar-refractivity contribution >= 4 is 13.3 Å². The molecule has 0 nitrogen and oxygen atoms in total. The van der Waals surface area contributed by atoms with E-state index in [4.69, 9.17) is 0 Å². The molecule has 0 aromatic heterocycles. The second-order valence-corrected chi connectivity index (χ2v) is 10.4. The number of allylic oxidation sites excluding steroid dienone is 4. The summed E-state index contributed by atoms with van der Waals surface area (Å²) in [5, 5.41) is 3.27. The first-order valence-electron chi connectivity index (χ1n) is 7.52. The van der Waals surface area contributed by atoms with Crippen molar-refractivity contribution in [2.45, 2.75) is 52.6 Å². The zero-order chi connectivity index (χ0) is 13.9. The third-order valence-corrected chi connectivity index (χ3v) is 8.86. The highest BCUT2D eigenvalue weighted by Gasteiger charge is 2.32. The quantitative estimate of drug-likeness (QED) is 0.673. The zero-order valence-corrected chi connectivity index (χ0v) is 13.8. The SMILES string of the molecule is CCCC[Si](C)(C1=CCC=C1)c1cc(C)cc(C)c1. The summed E-state index contributed by atoms with van der Waals surface area (Å²) < 4.78 is 0. The van der Waals surface area contributed by atoms with Gasteiger partial charge in [0, 0.05) is 0 Å². The van der Waals surface area contributed by atoms with Crippen LogP contribution in [0, 0.1) is 13.8 Å². The van der Waals surface area contributed by atoms with Crippen molar-refractivity contribution in [3.8, 4) is 0 Å². The third kappa shape index (κ3) is 3.09. The smallest absolute Gasteiger partial charge is 0.0811 e. The second kappa shape index (κ2) is 5.92. The van der Waals surface area contributed by atoms with E-state index in [2.05, 4.69) is 63.7 Å². The Morgan fingerprint density at radius 1 is 1.11 bits per heavy atom. The minimum Gasteiger partial charge on any atom is -0.0811 e. The molecule has 1 unspecified atom stereocenters. The zero-order valence-electron chi connectivity index (χ0n) is 12.8. The van der Waals surface area contributed by atoms with E-state index in [1.54, 1.807) is 10.4 Å². The molecule has 1 aliphatic rings. The second-order valence-electron chi connectivity index (χ2n) is 6.11.